The molecule has 0 aliphatic carbocycles. The van der Waals surface area contributed by atoms with Gasteiger partial charge in [0.05, 0.1) is 28.5 Å². The third-order valence-electron chi connectivity index (χ3n) is 7.37. The number of nitrogens with zero attached hydrogens (tertiary/aromatic N) is 2. The molecule has 2 heterocycles. The molecule has 46 heavy (non-hydrogen) atoms. The first-order chi connectivity index (χ1) is 22.3. The Morgan fingerprint density at radius 3 is 2.48 bits per heavy atom. The molecule has 4 aromatic carbocycles. The van der Waals surface area contributed by atoms with Gasteiger partial charge < -0.3 is 14.8 Å². The molecule has 1 aromatic heterocycles. The van der Waals surface area contributed by atoms with Crippen molar-refractivity contribution in [3.8, 4) is 11.5 Å². The highest BCUT2D eigenvalue weighted by Gasteiger charge is 2.32. The molecule has 0 unspecified atom stereocenters. The summed E-state index contributed by atoms with van der Waals surface area (Å²) in [4.78, 5) is 33.1. The number of carbonyl (C=O) groups is 1. The maximum atomic E-state index is 14.1. The van der Waals surface area contributed by atoms with Crippen LogP contribution >= 0.6 is 34.5 Å². The Kier molecular flexibility index (Phi) is 9.40. The van der Waals surface area contributed by atoms with Crippen molar-refractivity contribution in [2.24, 2.45) is 4.99 Å². The highest BCUT2D eigenvalue weighted by molar-refractivity contribution is 7.07. The minimum atomic E-state index is -0.698. The molecule has 10 heteroatoms. The van der Waals surface area contributed by atoms with Crippen LogP contribution in [-0.2, 0) is 11.4 Å². The summed E-state index contributed by atoms with van der Waals surface area (Å²) in [6.07, 6.45) is 1.81. The zero-order valence-electron chi connectivity index (χ0n) is 25.0. The second-order valence-electron chi connectivity index (χ2n) is 10.5. The normalized spacial score (nSPS) is 14.4. The Hall–Kier alpha value is -4.63. The molecule has 0 saturated carbocycles. The summed E-state index contributed by atoms with van der Waals surface area (Å²) < 4.78 is 13.7. The van der Waals surface area contributed by atoms with E-state index in [9.17, 15) is 9.59 Å². The van der Waals surface area contributed by atoms with Crippen LogP contribution in [0.25, 0.3) is 6.08 Å². The fourth-order valence-electron chi connectivity index (χ4n) is 5.21. The number of thiazole rings is 1. The minimum absolute atomic E-state index is 0.251. The van der Waals surface area contributed by atoms with E-state index in [1.54, 1.807) is 23.6 Å². The van der Waals surface area contributed by atoms with Crippen LogP contribution in [0.4, 0.5) is 5.69 Å². The lowest BCUT2D eigenvalue weighted by Crippen LogP contribution is -2.40. The number of halogens is 2. The van der Waals surface area contributed by atoms with Gasteiger partial charge in [0.15, 0.2) is 4.80 Å². The van der Waals surface area contributed by atoms with Gasteiger partial charge in [-0.3, -0.25) is 14.2 Å². The van der Waals surface area contributed by atoms with Gasteiger partial charge in [0, 0.05) is 21.3 Å². The van der Waals surface area contributed by atoms with Crippen LogP contribution in [0.15, 0.2) is 118 Å². The van der Waals surface area contributed by atoms with E-state index in [4.69, 9.17) is 37.7 Å². The van der Waals surface area contributed by atoms with E-state index in [1.807, 2.05) is 97.9 Å². The van der Waals surface area contributed by atoms with Crippen molar-refractivity contribution in [1.82, 2.24) is 4.57 Å². The van der Waals surface area contributed by atoms with Gasteiger partial charge in [0.2, 0.25) is 0 Å². The largest absolute Gasteiger partial charge is 0.494 e. The van der Waals surface area contributed by atoms with Crippen molar-refractivity contribution in [2.45, 2.75) is 26.5 Å². The van der Waals surface area contributed by atoms with Crippen molar-refractivity contribution in [2.75, 3.05) is 11.9 Å². The van der Waals surface area contributed by atoms with Gasteiger partial charge in [0.25, 0.3) is 11.5 Å². The number of aromatic nitrogens is 1. The smallest absolute Gasteiger partial charge is 0.271 e. The number of para-hydroxylation sites is 1. The average molecular weight is 671 g/mol. The zero-order chi connectivity index (χ0) is 32.2. The number of ether oxygens (including phenoxy) is 2. The van der Waals surface area contributed by atoms with Gasteiger partial charge >= 0.3 is 0 Å². The number of carbonyl (C=O) groups excluding carboxylic acids is 1. The van der Waals surface area contributed by atoms with Gasteiger partial charge in [-0.1, -0.05) is 83.1 Å². The van der Waals surface area contributed by atoms with Crippen LogP contribution in [0.5, 0.6) is 11.5 Å². The first-order valence-electron chi connectivity index (χ1n) is 14.6. The van der Waals surface area contributed by atoms with Crippen molar-refractivity contribution in [3.63, 3.8) is 0 Å². The molecule has 0 fully saturated rings. The Balaban J connectivity index is 1.37. The second kappa shape index (κ2) is 13.8. The van der Waals surface area contributed by atoms with E-state index in [0.717, 1.165) is 16.7 Å². The molecule has 0 radical (unpaired) electrons. The van der Waals surface area contributed by atoms with Crippen molar-refractivity contribution in [3.05, 3.63) is 155 Å². The van der Waals surface area contributed by atoms with Crippen LogP contribution in [-0.4, -0.2) is 17.1 Å². The molecule has 5 aromatic rings. The number of hydrogen-bond acceptors (Lipinski definition) is 6. The van der Waals surface area contributed by atoms with E-state index in [0.29, 0.717) is 54.4 Å². The van der Waals surface area contributed by atoms with Crippen molar-refractivity contribution in [1.29, 1.82) is 0 Å². The summed E-state index contributed by atoms with van der Waals surface area (Å²) in [5.74, 6) is 0.997. The monoisotopic (exact) mass is 669 g/mol. The number of allylic oxidation sites excluding steroid dienone is 1. The van der Waals surface area contributed by atoms with Crippen LogP contribution in [0.2, 0.25) is 10.0 Å². The van der Waals surface area contributed by atoms with Crippen LogP contribution in [0, 0.1) is 0 Å². The fourth-order valence-corrected chi connectivity index (χ4v) is 6.72. The van der Waals surface area contributed by atoms with Gasteiger partial charge in [-0.15, -0.1) is 0 Å². The predicted molar refractivity (Wildman–Crippen MR) is 184 cm³/mol. The molecule has 1 aliphatic rings. The Morgan fingerprint density at radius 2 is 1.74 bits per heavy atom. The molecule has 1 aliphatic heterocycles. The molecule has 0 spiro atoms. The summed E-state index contributed by atoms with van der Waals surface area (Å²) >= 11 is 13.6. The molecular formula is C36H29Cl2N3O4S. The topological polar surface area (TPSA) is 81.9 Å². The second-order valence-corrected chi connectivity index (χ2v) is 12.4. The molecule has 0 saturated heterocycles. The zero-order valence-corrected chi connectivity index (χ0v) is 27.3. The standard InChI is InChI=1S/C36H29Cl2N3O4S/c1-3-44-28-16-13-24(14-17-28)33-32(34(42)40-27-9-5-4-6-10-27)22(2)39-36-41(33)35(43)31(46-36)19-23-8-7-11-29(18-23)45-21-25-12-15-26(37)20-30(25)38/h4-20,33H,3,21H2,1-2H3,(H,40,42)/b31-19-/t33-/m0/s1. The Bertz CT molecular complexity index is 2120. The molecule has 0 bridgehead atoms. The molecule has 6 rings (SSSR count). The first-order valence-corrected chi connectivity index (χ1v) is 16.2. The fraction of sp³-hybridized carbons (Fsp3) is 0.139. The molecular weight excluding hydrogens is 641 g/mol. The first kappa shape index (κ1) is 31.4. The van der Waals surface area contributed by atoms with E-state index in [1.165, 1.54) is 11.3 Å². The van der Waals surface area contributed by atoms with E-state index < -0.39 is 6.04 Å². The number of anilines is 1. The average Bonchev–Trinajstić information content (AvgIpc) is 3.34. The van der Waals surface area contributed by atoms with Gasteiger partial charge in [0.1, 0.15) is 18.1 Å². The summed E-state index contributed by atoms with van der Waals surface area (Å²) in [7, 11) is 0. The third-order valence-corrected chi connectivity index (χ3v) is 8.94. The quantitative estimate of drug-likeness (QED) is 0.181. The van der Waals surface area contributed by atoms with E-state index in [-0.39, 0.29) is 18.1 Å². The molecule has 232 valence electrons. The molecule has 1 atom stereocenters. The van der Waals surface area contributed by atoms with E-state index in [2.05, 4.69) is 5.32 Å². The maximum absolute atomic E-state index is 14.1. The lowest BCUT2D eigenvalue weighted by Gasteiger charge is -2.25. The number of rotatable bonds is 9. The summed E-state index contributed by atoms with van der Waals surface area (Å²) in [5, 5.41) is 4.06. The predicted octanol–water partition coefficient (Wildman–Crippen LogP) is 7.16. The number of hydrogen-bond donors (Lipinski definition) is 1. The van der Waals surface area contributed by atoms with Crippen molar-refractivity contribution < 1.29 is 14.3 Å². The highest BCUT2D eigenvalue weighted by Crippen LogP contribution is 2.32. The summed E-state index contributed by atoms with van der Waals surface area (Å²) in [6.45, 7) is 4.50. The highest BCUT2D eigenvalue weighted by atomic mass is 35.5. The van der Waals surface area contributed by atoms with Gasteiger partial charge in [-0.25, -0.2) is 4.99 Å². The maximum Gasteiger partial charge on any atom is 0.271 e. The van der Waals surface area contributed by atoms with Gasteiger partial charge in [-0.2, -0.15) is 0 Å². The lowest BCUT2D eigenvalue weighted by atomic mass is 9.95. The third kappa shape index (κ3) is 6.79. The van der Waals surface area contributed by atoms with Crippen LogP contribution < -0.4 is 29.7 Å². The number of fused-ring (bicyclic) bond motifs is 1. The molecule has 1 N–H and O–H groups in total. The van der Waals surface area contributed by atoms with Crippen LogP contribution in [0.3, 0.4) is 0 Å². The molecule has 1 amide bonds. The number of benzene rings is 4. The van der Waals surface area contributed by atoms with Crippen LogP contribution in [0.1, 0.15) is 36.6 Å². The Morgan fingerprint density at radius 1 is 0.957 bits per heavy atom. The molecule has 7 nitrogen and oxygen atoms in total. The Labute approximate surface area is 279 Å². The number of nitrogens with one attached hydrogen (secondary N) is 1. The lowest BCUT2D eigenvalue weighted by molar-refractivity contribution is -0.113. The SMILES string of the molecule is CCOc1ccc([C@H]2C(C(=O)Nc3ccccc3)=C(C)N=c3s/c(=C\c4cccc(OCc5ccc(Cl)cc5Cl)c4)c(=O)n32)cc1. The minimum Gasteiger partial charge on any atom is -0.494 e. The van der Waals surface area contributed by atoms with Crippen molar-refractivity contribution >= 4 is 52.2 Å². The van der Waals surface area contributed by atoms with Gasteiger partial charge in [-0.05, 0) is 79.6 Å². The van der Waals surface area contributed by atoms with E-state index >= 15 is 0 Å². The summed E-state index contributed by atoms with van der Waals surface area (Å²) in [5.41, 5.74) is 3.68. The number of amides is 1. The summed E-state index contributed by atoms with van der Waals surface area (Å²) in [6, 6.07) is 28.7.